The molecule has 2 heteroatoms. The van der Waals surface area contributed by atoms with E-state index < -0.39 is 0 Å². The number of carbonyl (C=O) groups excluding carboxylic acids is 1. The standard InChI is InChI=1S/C11H18O2/c1-11(2)9(12)7-10(11)13-6-5-8-3-4-8/h8,10H,3-7H2,1-2H3. The molecule has 2 aliphatic carbocycles. The third kappa shape index (κ3) is 1.78. The van der Waals surface area contributed by atoms with Gasteiger partial charge in [-0.15, -0.1) is 0 Å². The van der Waals surface area contributed by atoms with E-state index in [0.717, 1.165) is 12.5 Å². The van der Waals surface area contributed by atoms with Crippen molar-refractivity contribution in [2.24, 2.45) is 11.3 Å². The molecule has 0 bridgehead atoms. The first-order valence-corrected chi connectivity index (χ1v) is 5.25. The molecule has 0 aromatic heterocycles. The van der Waals surface area contributed by atoms with Crippen LogP contribution in [0.15, 0.2) is 0 Å². The van der Waals surface area contributed by atoms with Gasteiger partial charge in [0.2, 0.25) is 0 Å². The van der Waals surface area contributed by atoms with E-state index in [4.69, 9.17) is 4.74 Å². The van der Waals surface area contributed by atoms with Crippen LogP contribution < -0.4 is 0 Å². The summed E-state index contributed by atoms with van der Waals surface area (Å²) in [6.07, 6.45) is 4.80. The van der Waals surface area contributed by atoms with Gasteiger partial charge in [0.1, 0.15) is 5.78 Å². The Bertz CT molecular complexity index is 216. The molecule has 2 nitrogen and oxygen atoms in total. The molecule has 0 spiro atoms. The van der Waals surface area contributed by atoms with E-state index in [1.807, 2.05) is 13.8 Å². The maximum atomic E-state index is 11.2. The minimum absolute atomic E-state index is 0.193. The van der Waals surface area contributed by atoms with Gasteiger partial charge >= 0.3 is 0 Å². The third-order valence-corrected chi connectivity index (χ3v) is 3.44. The Morgan fingerprint density at radius 1 is 1.46 bits per heavy atom. The van der Waals surface area contributed by atoms with Crippen LogP contribution in [0.5, 0.6) is 0 Å². The summed E-state index contributed by atoms with van der Waals surface area (Å²) in [6, 6.07) is 0. The highest BCUT2D eigenvalue weighted by atomic mass is 16.5. The molecule has 2 saturated carbocycles. The van der Waals surface area contributed by atoms with E-state index in [9.17, 15) is 4.79 Å². The van der Waals surface area contributed by atoms with Crippen LogP contribution in [0, 0.1) is 11.3 Å². The Morgan fingerprint density at radius 3 is 2.62 bits per heavy atom. The molecule has 0 saturated heterocycles. The summed E-state index contributed by atoms with van der Waals surface area (Å²) in [4.78, 5) is 11.2. The lowest BCUT2D eigenvalue weighted by atomic mass is 9.68. The highest BCUT2D eigenvalue weighted by molar-refractivity contribution is 5.91. The molecule has 13 heavy (non-hydrogen) atoms. The zero-order valence-corrected chi connectivity index (χ0v) is 8.51. The highest BCUT2D eigenvalue weighted by Crippen LogP contribution is 2.39. The van der Waals surface area contributed by atoms with Crippen LogP contribution in [0.1, 0.15) is 39.5 Å². The highest BCUT2D eigenvalue weighted by Gasteiger charge is 2.48. The van der Waals surface area contributed by atoms with Gasteiger partial charge in [-0.2, -0.15) is 0 Å². The second kappa shape index (κ2) is 3.09. The van der Waals surface area contributed by atoms with E-state index in [-0.39, 0.29) is 11.5 Å². The van der Waals surface area contributed by atoms with Crippen molar-refractivity contribution in [1.29, 1.82) is 0 Å². The topological polar surface area (TPSA) is 26.3 Å². The van der Waals surface area contributed by atoms with Crippen LogP contribution in [0.4, 0.5) is 0 Å². The van der Waals surface area contributed by atoms with E-state index in [1.165, 1.54) is 19.3 Å². The Hall–Kier alpha value is -0.370. The Balaban J connectivity index is 1.67. The second-order valence-electron chi connectivity index (χ2n) is 4.94. The lowest BCUT2D eigenvalue weighted by molar-refractivity contribution is -0.158. The zero-order chi connectivity index (χ0) is 9.47. The average molecular weight is 182 g/mol. The smallest absolute Gasteiger partial charge is 0.143 e. The first-order chi connectivity index (χ1) is 6.10. The molecule has 0 aliphatic heterocycles. The first-order valence-electron chi connectivity index (χ1n) is 5.25. The lowest BCUT2D eigenvalue weighted by Crippen LogP contribution is -2.51. The van der Waals surface area contributed by atoms with Crippen molar-refractivity contribution < 1.29 is 9.53 Å². The molecule has 0 radical (unpaired) electrons. The lowest BCUT2D eigenvalue weighted by Gasteiger charge is -2.41. The molecule has 0 amide bonds. The summed E-state index contributed by atoms with van der Waals surface area (Å²) in [6.45, 7) is 4.83. The fourth-order valence-electron chi connectivity index (χ4n) is 1.79. The van der Waals surface area contributed by atoms with Crippen molar-refractivity contribution in [1.82, 2.24) is 0 Å². The largest absolute Gasteiger partial charge is 0.377 e. The predicted octanol–water partition coefficient (Wildman–Crippen LogP) is 2.17. The molecule has 1 unspecified atom stereocenters. The van der Waals surface area contributed by atoms with E-state index in [2.05, 4.69) is 0 Å². The quantitative estimate of drug-likeness (QED) is 0.666. The molecule has 1 atom stereocenters. The molecule has 0 aromatic rings. The monoisotopic (exact) mass is 182 g/mol. The van der Waals surface area contributed by atoms with Crippen LogP contribution in [0.25, 0.3) is 0 Å². The van der Waals surface area contributed by atoms with Crippen LogP contribution >= 0.6 is 0 Å². The van der Waals surface area contributed by atoms with Crippen LogP contribution in [-0.4, -0.2) is 18.5 Å². The number of rotatable bonds is 4. The fourth-order valence-corrected chi connectivity index (χ4v) is 1.79. The molecule has 2 rings (SSSR count). The molecule has 0 aromatic carbocycles. The van der Waals surface area contributed by atoms with Crippen LogP contribution in [0.2, 0.25) is 0 Å². The van der Waals surface area contributed by atoms with Gasteiger partial charge in [0.25, 0.3) is 0 Å². The number of hydrogen-bond acceptors (Lipinski definition) is 2. The van der Waals surface area contributed by atoms with E-state index in [1.54, 1.807) is 0 Å². The summed E-state index contributed by atoms with van der Waals surface area (Å²) in [5.74, 6) is 1.28. The van der Waals surface area contributed by atoms with Gasteiger partial charge in [-0.05, 0) is 12.3 Å². The summed E-state index contributed by atoms with van der Waals surface area (Å²) in [5, 5.41) is 0. The van der Waals surface area contributed by atoms with Gasteiger partial charge in [-0.25, -0.2) is 0 Å². The first kappa shape index (κ1) is 9.20. The van der Waals surface area contributed by atoms with Crippen molar-refractivity contribution in [2.75, 3.05) is 6.61 Å². The number of hydrogen-bond donors (Lipinski definition) is 0. The minimum atomic E-state index is -0.205. The van der Waals surface area contributed by atoms with Gasteiger partial charge in [0.05, 0.1) is 11.5 Å². The zero-order valence-electron chi connectivity index (χ0n) is 8.51. The van der Waals surface area contributed by atoms with Gasteiger partial charge in [0, 0.05) is 13.0 Å². The molecule has 0 N–H and O–H groups in total. The normalized spacial score (nSPS) is 31.5. The van der Waals surface area contributed by atoms with Gasteiger partial charge in [0.15, 0.2) is 0 Å². The van der Waals surface area contributed by atoms with Gasteiger partial charge in [-0.3, -0.25) is 4.79 Å². The molecule has 0 heterocycles. The SMILES string of the molecule is CC1(C)C(=O)CC1OCCC1CC1. The van der Waals surface area contributed by atoms with E-state index in [0.29, 0.717) is 12.2 Å². The van der Waals surface area contributed by atoms with Crippen molar-refractivity contribution in [3.05, 3.63) is 0 Å². The summed E-state index contributed by atoms with van der Waals surface area (Å²) in [5.41, 5.74) is -0.205. The fraction of sp³-hybridized carbons (Fsp3) is 0.909. The number of carbonyl (C=O) groups is 1. The minimum Gasteiger partial charge on any atom is -0.377 e. The van der Waals surface area contributed by atoms with Crippen molar-refractivity contribution >= 4 is 5.78 Å². The molecular formula is C11H18O2. The van der Waals surface area contributed by atoms with Gasteiger partial charge in [-0.1, -0.05) is 26.7 Å². The average Bonchev–Trinajstić information content (AvgIpc) is 2.87. The molecule has 74 valence electrons. The third-order valence-electron chi connectivity index (χ3n) is 3.44. The number of ether oxygens (including phenoxy) is 1. The van der Waals surface area contributed by atoms with Crippen LogP contribution in [0.3, 0.4) is 0 Å². The maximum absolute atomic E-state index is 11.2. The summed E-state index contributed by atoms with van der Waals surface area (Å²) in [7, 11) is 0. The van der Waals surface area contributed by atoms with Crippen molar-refractivity contribution in [3.8, 4) is 0 Å². The van der Waals surface area contributed by atoms with Crippen molar-refractivity contribution in [3.63, 3.8) is 0 Å². The maximum Gasteiger partial charge on any atom is 0.143 e. The second-order valence-corrected chi connectivity index (χ2v) is 4.94. The number of Topliss-reactive ketones (excluding diaryl/α,β-unsaturated/α-hetero) is 1. The van der Waals surface area contributed by atoms with Crippen LogP contribution in [-0.2, 0) is 9.53 Å². The Morgan fingerprint density at radius 2 is 2.15 bits per heavy atom. The molecule has 2 fully saturated rings. The van der Waals surface area contributed by atoms with Crippen molar-refractivity contribution in [2.45, 2.75) is 45.6 Å². The summed E-state index contributed by atoms with van der Waals surface area (Å²) < 4.78 is 5.69. The predicted molar refractivity (Wildman–Crippen MR) is 50.5 cm³/mol. The Kier molecular flexibility index (Phi) is 2.18. The molecule has 2 aliphatic rings. The van der Waals surface area contributed by atoms with E-state index >= 15 is 0 Å². The van der Waals surface area contributed by atoms with Gasteiger partial charge < -0.3 is 4.74 Å². The molecular weight excluding hydrogens is 164 g/mol. The summed E-state index contributed by atoms with van der Waals surface area (Å²) >= 11 is 0. The Labute approximate surface area is 79.7 Å². The number of ketones is 1.